The lowest BCUT2D eigenvalue weighted by Gasteiger charge is -2.20. The second-order valence-electron chi connectivity index (χ2n) is 4.52. The van der Waals surface area contributed by atoms with Crippen molar-refractivity contribution in [1.82, 2.24) is 5.32 Å². The SMILES string of the molecule is COCC(CNC(=O)COC(C)(C)C)OC. The Bertz CT molecular complexity index is 201. The molecule has 0 aliphatic rings. The Kier molecular flexibility index (Phi) is 7.29. The first-order valence-electron chi connectivity index (χ1n) is 5.31. The van der Waals surface area contributed by atoms with Crippen LogP contribution >= 0.6 is 0 Å². The van der Waals surface area contributed by atoms with Crippen LogP contribution in [0.4, 0.5) is 0 Å². The fraction of sp³-hybridized carbons (Fsp3) is 0.909. The van der Waals surface area contributed by atoms with Gasteiger partial charge in [0.25, 0.3) is 0 Å². The molecule has 1 unspecified atom stereocenters. The molecule has 0 bridgehead atoms. The summed E-state index contributed by atoms with van der Waals surface area (Å²) in [4.78, 5) is 11.4. The second-order valence-corrected chi connectivity index (χ2v) is 4.52. The smallest absolute Gasteiger partial charge is 0.246 e. The van der Waals surface area contributed by atoms with Crippen molar-refractivity contribution in [3.05, 3.63) is 0 Å². The highest BCUT2D eigenvalue weighted by molar-refractivity contribution is 5.77. The summed E-state index contributed by atoms with van der Waals surface area (Å²) in [6, 6.07) is 0. The molecule has 0 aromatic rings. The summed E-state index contributed by atoms with van der Waals surface area (Å²) in [6.45, 7) is 6.66. The average molecular weight is 233 g/mol. The van der Waals surface area contributed by atoms with Crippen LogP contribution < -0.4 is 5.32 Å². The molecule has 0 radical (unpaired) electrons. The summed E-state index contributed by atoms with van der Waals surface area (Å²) < 4.78 is 15.4. The monoisotopic (exact) mass is 233 g/mol. The van der Waals surface area contributed by atoms with Gasteiger partial charge >= 0.3 is 0 Å². The van der Waals surface area contributed by atoms with Gasteiger partial charge in [-0.05, 0) is 20.8 Å². The molecule has 1 amide bonds. The van der Waals surface area contributed by atoms with E-state index in [1.807, 2.05) is 20.8 Å². The van der Waals surface area contributed by atoms with E-state index < -0.39 is 0 Å². The van der Waals surface area contributed by atoms with Crippen LogP contribution in [-0.2, 0) is 19.0 Å². The van der Waals surface area contributed by atoms with Crippen molar-refractivity contribution in [3.8, 4) is 0 Å². The average Bonchev–Trinajstić information content (AvgIpc) is 2.20. The molecule has 0 saturated heterocycles. The summed E-state index contributed by atoms with van der Waals surface area (Å²) >= 11 is 0. The molecular weight excluding hydrogens is 210 g/mol. The van der Waals surface area contributed by atoms with Crippen molar-refractivity contribution >= 4 is 5.91 Å². The summed E-state index contributed by atoms with van der Waals surface area (Å²) in [6.07, 6.45) is -0.122. The molecule has 5 nitrogen and oxygen atoms in total. The molecule has 1 atom stereocenters. The molecule has 0 spiro atoms. The Balaban J connectivity index is 3.71. The number of amides is 1. The van der Waals surface area contributed by atoms with Crippen molar-refractivity contribution in [2.45, 2.75) is 32.5 Å². The number of methoxy groups -OCH3 is 2. The van der Waals surface area contributed by atoms with Crippen LogP contribution in [0.15, 0.2) is 0 Å². The Morgan fingerprint density at radius 3 is 2.38 bits per heavy atom. The molecule has 0 aromatic carbocycles. The third-order valence-electron chi connectivity index (χ3n) is 1.85. The number of hydrogen-bond acceptors (Lipinski definition) is 4. The van der Waals surface area contributed by atoms with Gasteiger partial charge in [0.15, 0.2) is 0 Å². The zero-order valence-electron chi connectivity index (χ0n) is 10.8. The molecule has 0 aromatic heterocycles. The Labute approximate surface area is 97.4 Å². The molecule has 0 saturated carbocycles. The molecule has 0 heterocycles. The van der Waals surface area contributed by atoms with Crippen LogP contribution in [0.3, 0.4) is 0 Å². The predicted molar refractivity (Wildman–Crippen MR) is 61.4 cm³/mol. The number of nitrogens with one attached hydrogen (secondary N) is 1. The van der Waals surface area contributed by atoms with Crippen LogP contribution in [-0.4, -0.2) is 51.6 Å². The van der Waals surface area contributed by atoms with Gasteiger partial charge in [-0.15, -0.1) is 0 Å². The molecule has 1 N–H and O–H groups in total. The molecule has 0 fully saturated rings. The summed E-state index contributed by atoms with van der Waals surface area (Å²) in [7, 11) is 3.18. The van der Waals surface area contributed by atoms with E-state index in [0.29, 0.717) is 13.2 Å². The zero-order chi connectivity index (χ0) is 12.6. The predicted octanol–water partition coefficient (Wildman–Crippen LogP) is 0.579. The van der Waals surface area contributed by atoms with Crippen LogP contribution in [0.5, 0.6) is 0 Å². The standard InChI is InChI=1S/C11H23NO4/c1-11(2,3)16-8-10(13)12-6-9(15-5)7-14-4/h9H,6-8H2,1-5H3,(H,12,13). The third-order valence-corrected chi connectivity index (χ3v) is 1.85. The van der Waals surface area contributed by atoms with Crippen molar-refractivity contribution in [1.29, 1.82) is 0 Å². The van der Waals surface area contributed by atoms with Crippen molar-refractivity contribution in [2.75, 3.05) is 34.0 Å². The van der Waals surface area contributed by atoms with E-state index in [1.165, 1.54) is 0 Å². The number of rotatable bonds is 7. The quantitative estimate of drug-likeness (QED) is 0.699. The largest absolute Gasteiger partial charge is 0.382 e. The minimum Gasteiger partial charge on any atom is -0.382 e. The molecule has 0 rings (SSSR count). The highest BCUT2D eigenvalue weighted by Gasteiger charge is 2.14. The normalized spacial score (nSPS) is 13.6. The van der Waals surface area contributed by atoms with E-state index in [1.54, 1.807) is 14.2 Å². The summed E-state index contributed by atoms with van der Waals surface area (Å²) in [5, 5.41) is 2.72. The summed E-state index contributed by atoms with van der Waals surface area (Å²) in [5.41, 5.74) is -0.301. The van der Waals surface area contributed by atoms with Crippen molar-refractivity contribution < 1.29 is 19.0 Å². The molecule has 0 aliphatic heterocycles. The summed E-state index contributed by atoms with van der Waals surface area (Å²) in [5.74, 6) is -0.145. The van der Waals surface area contributed by atoms with Gasteiger partial charge in [0, 0.05) is 20.8 Å². The molecule has 0 aliphatic carbocycles. The topological polar surface area (TPSA) is 56.8 Å². The maximum atomic E-state index is 11.4. The van der Waals surface area contributed by atoms with Gasteiger partial charge in [-0.1, -0.05) is 0 Å². The first-order chi connectivity index (χ1) is 7.39. The Morgan fingerprint density at radius 2 is 1.94 bits per heavy atom. The first-order valence-corrected chi connectivity index (χ1v) is 5.31. The van der Waals surface area contributed by atoms with E-state index in [4.69, 9.17) is 14.2 Å². The fourth-order valence-electron chi connectivity index (χ4n) is 0.957. The van der Waals surface area contributed by atoms with Gasteiger partial charge in [-0.25, -0.2) is 0 Å². The minimum absolute atomic E-state index is 0.0624. The molecule has 96 valence electrons. The highest BCUT2D eigenvalue weighted by atomic mass is 16.5. The Morgan fingerprint density at radius 1 is 1.31 bits per heavy atom. The van der Waals surface area contributed by atoms with Crippen LogP contribution in [0.2, 0.25) is 0 Å². The van der Waals surface area contributed by atoms with Crippen LogP contribution in [0.1, 0.15) is 20.8 Å². The maximum absolute atomic E-state index is 11.4. The second kappa shape index (κ2) is 7.60. The Hall–Kier alpha value is -0.650. The third kappa shape index (κ3) is 8.64. The van der Waals surface area contributed by atoms with Gasteiger partial charge in [0.1, 0.15) is 6.61 Å². The highest BCUT2D eigenvalue weighted by Crippen LogP contribution is 2.05. The van der Waals surface area contributed by atoms with E-state index in [9.17, 15) is 4.79 Å². The van der Waals surface area contributed by atoms with Gasteiger partial charge in [0.05, 0.1) is 18.3 Å². The maximum Gasteiger partial charge on any atom is 0.246 e. The molecule has 5 heteroatoms. The van der Waals surface area contributed by atoms with Gasteiger partial charge < -0.3 is 19.5 Å². The molecular formula is C11H23NO4. The van der Waals surface area contributed by atoms with Crippen molar-refractivity contribution in [3.63, 3.8) is 0 Å². The van der Waals surface area contributed by atoms with E-state index in [-0.39, 0.29) is 24.2 Å². The lowest BCUT2D eigenvalue weighted by molar-refractivity contribution is -0.131. The van der Waals surface area contributed by atoms with Crippen LogP contribution in [0, 0.1) is 0 Å². The van der Waals surface area contributed by atoms with Gasteiger partial charge in [-0.2, -0.15) is 0 Å². The number of ether oxygens (including phenoxy) is 3. The first kappa shape index (κ1) is 15.3. The van der Waals surface area contributed by atoms with Crippen molar-refractivity contribution in [2.24, 2.45) is 0 Å². The fourth-order valence-corrected chi connectivity index (χ4v) is 0.957. The zero-order valence-corrected chi connectivity index (χ0v) is 10.8. The lowest BCUT2D eigenvalue weighted by Crippen LogP contribution is -2.38. The van der Waals surface area contributed by atoms with E-state index in [2.05, 4.69) is 5.32 Å². The number of hydrogen-bond donors (Lipinski definition) is 1. The van der Waals surface area contributed by atoms with Crippen LogP contribution in [0.25, 0.3) is 0 Å². The number of carbonyl (C=O) groups excluding carboxylic acids is 1. The van der Waals surface area contributed by atoms with Gasteiger partial charge in [0.2, 0.25) is 5.91 Å². The van der Waals surface area contributed by atoms with Gasteiger partial charge in [-0.3, -0.25) is 4.79 Å². The number of carbonyl (C=O) groups is 1. The van der Waals surface area contributed by atoms with E-state index in [0.717, 1.165) is 0 Å². The molecule has 16 heavy (non-hydrogen) atoms. The minimum atomic E-state index is -0.301. The van der Waals surface area contributed by atoms with E-state index >= 15 is 0 Å². The lowest BCUT2D eigenvalue weighted by atomic mass is 10.2.